The Morgan fingerprint density at radius 1 is 1.15 bits per heavy atom. The summed E-state index contributed by atoms with van der Waals surface area (Å²) >= 11 is 5.91. The van der Waals surface area contributed by atoms with Crippen molar-refractivity contribution in [3.63, 3.8) is 0 Å². The third kappa shape index (κ3) is 3.04. The van der Waals surface area contributed by atoms with Crippen molar-refractivity contribution in [1.82, 2.24) is 9.55 Å². The lowest BCUT2D eigenvalue weighted by Gasteiger charge is -2.13. The number of benzene rings is 2. The van der Waals surface area contributed by atoms with Crippen LogP contribution in [0.25, 0.3) is 21.7 Å². The molecular formula is C21H17ClFN3O. The van der Waals surface area contributed by atoms with Crippen LogP contribution in [-0.4, -0.2) is 9.55 Å². The fourth-order valence-corrected chi connectivity index (χ4v) is 3.39. The maximum atomic E-state index is 14.1. The molecule has 2 aromatic carbocycles. The summed E-state index contributed by atoms with van der Waals surface area (Å²) in [6.45, 7) is 2.56. The number of aromatic nitrogens is 2. The predicted molar refractivity (Wildman–Crippen MR) is 108 cm³/mol. The highest BCUT2D eigenvalue weighted by Crippen LogP contribution is 2.29. The molecule has 27 heavy (non-hydrogen) atoms. The Labute approximate surface area is 160 Å². The van der Waals surface area contributed by atoms with E-state index in [1.54, 1.807) is 19.3 Å². The van der Waals surface area contributed by atoms with E-state index in [0.29, 0.717) is 34.0 Å². The van der Waals surface area contributed by atoms with Crippen molar-refractivity contribution < 1.29 is 4.39 Å². The van der Waals surface area contributed by atoms with Gasteiger partial charge in [0.2, 0.25) is 0 Å². The van der Waals surface area contributed by atoms with E-state index in [9.17, 15) is 9.18 Å². The Bertz CT molecular complexity index is 1230. The number of fused-ring (bicyclic) bond motifs is 3. The van der Waals surface area contributed by atoms with Gasteiger partial charge >= 0.3 is 0 Å². The number of hydrogen-bond acceptors (Lipinski definition) is 3. The minimum atomic E-state index is -0.518. The molecule has 0 amide bonds. The molecule has 4 aromatic rings. The lowest BCUT2D eigenvalue weighted by Crippen LogP contribution is -2.19. The third-order valence-corrected chi connectivity index (χ3v) is 5.03. The van der Waals surface area contributed by atoms with Gasteiger partial charge in [-0.2, -0.15) is 0 Å². The molecule has 0 radical (unpaired) electrons. The van der Waals surface area contributed by atoms with E-state index in [-0.39, 0.29) is 10.6 Å². The smallest absolute Gasteiger partial charge is 0.262 e. The summed E-state index contributed by atoms with van der Waals surface area (Å²) in [5, 5.41) is 4.92. The molecule has 0 aliphatic carbocycles. The zero-order valence-electron chi connectivity index (χ0n) is 14.9. The van der Waals surface area contributed by atoms with Gasteiger partial charge in [-0.25, -0.2) is 9.37 Å². The monoisotopic (exact) mass is 381 g/mol. The molecule has 0 saturated heterocycles. The number of nitrogens with one attached hydrogen (secondary N) is 1. The number of hydrogen-bond donors (Lipinski definition) is 1. The first-order valence-electron chi connectivity index (χ1n) is 8.51. The Hall–Kier alpha value is -2.92. The number of halogens is 2. The molecule has 2 heterocycles. The molecule has 4 rings (SSSR count). The molecule has 2 aromatic heterocycles. The lowest BCUT2D eigenvalue weighted by molar-refractivity contribution is 0.630. The largest absolute Gasteiger partial charge is 0.365 e. The number of anilines is 1. The van der Waals surface area contributed by atoms with Crippen LogP contribution in [0.4, 0.5) is 10.2 Å². The SMILES string of the molecule is Cc1ccc(CNc2nccc3c2c(=O)n(C)c2cc(Cl)c(F)cc32)cc1. The summed E-state index contributed by atoms with van der Waals surface area (Å²) in [5.41, 5.74) is 2.63. The van der Waals surface area contributed by atoms with Gasteiger partial charge in [-0.3, -0.25) is 4.79 Å². The minimum absolute atomic E-state index is 0.0105. The molecule has 0 fully saturated rings. The van der Waals surface area contributed by atoms with Crippen LogP contribution >= 0.6 is 11.6 Å². The van der Waals surface area contributed by atoms with E-state index in [4.69, 9.17) is 11.6 Å². The van der Waals surface area contributed by atoms with Crippen molar-refractivity contribution in [3.05, 3.63) is 81.0 Å². The highest BCUT2D eigenvalue weighted by atomic mass is 35.5. The summed E-state index contributed by atoms with van der Waals surface area (Å²) in [5.74, 6) is -0.0407. The highest BCUT2D eigenvalue weighted by molar-refractivity contribution is 6.31. The van der Waals surface area contributed by atoms with Gasteiger partial charge in [-0.05, 0) is 30.7 Å². The van der Waals surface area contributed by atoms with Crippen LogP contribution in [0.2, 0.25) is 5.02 Å². The summed E-state index contributed by atoms with van der Waals surface area (Å²) in [6, 6.07) is 12.7. The van der Waals surface area contributed by atoms with Crippen LogP contribution in [0, 0.1) is 12.7 Å². The van der Waals surface area contributed by atoms with Gasteiger partial charge in [0, 0.05) is 30.6 Å². The van der Waals surface area contributed by atoms with E-state index in [0.717, 1.165) is 5.56 Å². The van der Waals surface area contributed by atoms with Crippen molar-refractivity contribution in [2.24, 2.45) is 7.05 Å². The lowest BCUT2D eigenvalue weighted by atomic mass is 10.1. The maximum absolute atomic E-state index is 14.1. The molecule has 0 unspecified atom stereocenters. The quantitative estimate of drug-likeness (QED) is 0.518. The molecule has 0 spiro atoms. The molecular weight excluding hydrogens is 365 g/mol. The van der Waals surface area contributed by atoms with Crippen LogP contribution < -0.4 is 10.9 Å². The van der Waals surface area contributed by atoms with Crippen molar-refractivity contribution in [2.45, 2.75) is 13.5 Å². The minimum Gasteiger partial charge on any atom is -0.365 e. The van der Waals surface area contributed by atoms with Gasteiger partial charge in [0.05, 0.1) is 15.9 Å². The summed E-state index contributed by atoms with van der Waals surface area (Å²) in [6.07, 6.45) is 1.62. The van der Waals surface area contributed by atoms with Gasteiger partial charge in [0.15, 0.2) is 0 Å². The first-order valence-corrected chi connectivity index (χ1v) is 8.89. The van der Waals surface area contributed by atoms with Crippen molar-refractivity contribution >= 4 is 39.1 Å². The van der Waals surface area contributed by atoms with E-state index >= 15 is 0 Å². The molecule has 0 aliphatic rings. The molecule has 1 N–H and O–H groups in total. The van der Waals surface area contributed by atoms with Gasteiger partial charge in [0.25, 0.3) is 5.56 Å². The van der Waals surface area contributed by atoms with E-state index in [1.165, 1.54) is 22.3 Å². The van der Waals surface area contributed by atoms with Crippen LogP contribution in [0.5, 0.6) is 0 Å². The van der Waals surface area contributed by atoms with Crippen LogP contribution in [-0.2, 0) is 13.6 Å². The summed E-state index contributed by atoms with van der Waals surface area (Å²) in [4.78, 5) is 17.3. The van der Waals surface area contributed by atoms with Crippen molar-refractivity contribution in [3.8, 4) is 0 Å². The molecule has 0 atom stereocenters. The van der Waals surface area contributed by atoms with E-state index in [1.807, 2.05) is 31.2 Å². The first-order chi connectivity index (χ1) is 13.0. The third-order valence-electron chi connectivity index (χ3n) is 4.74. The fraction of sp³-hybridized carbons (Fsp3) is 0.143. The Morgan fingerprint density at radius 3 is 2.63 bits per heavy atom. The second-order valence-electron chi connectivity index (χ2n) is 6.57. The number of aryl methyl sites for hydroxylation is 2. The van der Waals surface area contributed by atoms with Crippen molar-refractivity contribution in [2.75, 3.05) is 5.32 Å². The maximum Gasteiger partial charge on any atom is 0.262 e. The fourth-order valence-electron chi connectivity index (χ4n) is 3.24. The zero-order chi connectivity index (χ0) is 19.1. The van der Waals surface area contributed by atoms with E-state index in [2.05, 4.69) is 10.3 Å². The molecule has 0 bridgehead atoms. The van der Waals surface area contributed by atoms with Gasteiger partial charge < -0.3 is 9.88 Å². The number of rotatable bonds is 3. The zero-order valence-corrected chi connectivity index (χ0v) is 15.6. The van der Waals surface area contributed by atoms with E-state index < -0.39 is 5.82 Å². The van der Waals surface area contributed by atoms with Gasteiger partial charge in [-0.1, -0.05) is 41.4 Å². The number of nitrogens with zero attached hydrogens (tertiary/aromatic N) is 2. The van der Waals surface area contributed by atoms with Crippen LogP contribution in [0.15, 0.2) is 53.5 Å². The predicted octanol–water partition coefficient (Wildman–Crippen LogP) is 4.80. The molecule has 6 heteroatoms. The summed E-state index contributed by atoms with van der Waals surface area (Å²) in [7, 11) is 1.65. The summed E-state index contributed by atoms with van der Waals surface area (Å²) < 4.78 is 15.5. The Kier molecular flexibility index (Phi) is 4.32. The van der Waals surface area contributed by atoms with Crippen LogP contribution in [0.3, 0.4) is 0 Å². The average Bonchev–Trinajstić information content (AvgIpc) is 2.67. The number of pyridine rings is 2. The topological polar surface area (TPSA) is 46.9 Å². The second kappa shape index (κ2) is 6.67. The highest BCUT2D eigenvalue weighted by Gasteiger charge is 2.15. The van der Waals surface area contributed by atoms with Crippen LogP contribution in [0.1, 0.15) is 11.1 Å². The second-order valence-corrected chi connectivity index (χ2v) is 6.98. The Morgan fingerprint density at radius 2 is 1.89 bits per heavy atom. The molecule has 0 saturated carbocycles. The first kappa shape index (κ1) is 17.5. The Balaban J connectivity index is 1.88. The molecule has 4 nitrogen and oxygen atoms in total. The van der Waals surface area contributed by atoms with Gasteiger partial charge in [0.1, 0.15) is 11.6 Å². The molecule has 0 aliphatic heterocycles. The standard InChI is InChI=1S/C21H17ClFN3O/c1-12-3-5-13(6-4-12)11-25-20-19-14(7-8-24-20)15-9-17(23)16(22)10-18(15)26(2)21(19)27/h3-10H,11H2,1-2H3,(H,24,25). The van der Waals surface area contributed by atoms with Crippen molar-refractivity contribution in [1.29, 1.82) is 0 Å². The average molecular weight is 382 g/mol. The van der Waals surface area contributed by atoms with Gasteiger partial charge in [-0.15, -0.1) is 0 Å². The molecule has 136 valence electrons. The normalized spacial score (nSPS) is 11.3.